The van der Waals surface area contributed by atoms with E-state index in [-0.39, 0.29) is 23.9 Å². The van der Waals surface area contributed by atoms with Crippen molar-refractivity contribution in [2.45, 2.75) is 26.2 Å². The van der Waals surface area contributed by atoms with Crippen molar-refractivity contribution in [1.82, 2.24) is 0 Å². The molecule has 1 rings (SSSR count). The van der Waals surface area contributed by atoms with Crippen LogP contribution in [0, 0.1) is 17.8 Å². The maximum absolute atomic E-state index is 11.0. The molecule has 0 aliphatic heterocycles. The highest BCUT2D eigenvalue weighted by molar-refractivity contribution is 6.07. The smallest absolute Gasteiger partial charge is 0.144 e. The molecule has 0 aromatic heterocycles. The third kappa shape index (κ3) is 1.91. The van der Waals surface area contributed by atoms with Gasteiger partial charge in [0.15, 0.2) is 0 Å². The molecule has 2 heteroatoms. The maximum Gasteiger partial charge on any atom is 0.144 e. The van der Waals surface area contributed by atoms with Crippen molar-refractivity contribution in [1.29, 1.82) is 0 Å². The van der Waals surface area contributed by atoms with Gasteiger partial charge in [0, 0.05) is 18.8 Å². The summed E-state index contributed by atoms with van der Waals surface area (Å²) in [4.78, 5) is 21.8. The second kappa shape index (κ2) is 3.34. The van der Waals surface area contributed by atoms with E-state index in [0.717, 1.165) is 0 Å². The zero-order chi connectivity index (χ0) is 8.27. The van der Waals surface area contributed by atoms with Gasteiger partial charge in [-0.25, -0.2) is 0 Å². The normalized spacial score (nSPS) is 23.2. The largest absolute Gasteiger partial charge is 0.299 e. The molecule has 0 heterocycles. The van der Waals surface area contributed by atoms with E-state index >= 15 is 0 Å². The van der Waals surface area contributed by atoms with Gasteiger partial charge in [0.05, 0.1) is 6.42 Å². The molecule has 1 aliphatic rings. The molecule has 1 atom stereocenters. The van der Waals surface area contributed by atoms with Crippen LogP contribution in [0.15, 0.2) is 0 Å². The summed E-state index contributed by atoms with van der Waals surface area (Å²) in [6.45, 7) is 1.74. The summed E-state index contributed by atoms with van der Waals surface area (Å²) in [5.74, 6) is 5.57. The summed E-state index contributed by atoms with van der Waals surface area (Å²) < 4.78 is 0. The first-order chi connectivity index (χ1) is 5.24. The summed E-state index contributed by atoms with van der Waals surface area (Å²) in [7, 11) is 0. The van der Waals surface area contributed by atoms with Crippen molar-refractivity contribution >= 4 is 11.6 Å². The van der Waals surface area contributed by atoms with E-state index in [1.807, 2.05) is 0 Å². The highest BCUT2D eigenvalue weighted by atomic mass is 16.2. The third-order valence-corrected chi connectivity index (χ3v) is 1.83. The molecule has 2 nitrogen and oxygen atoms in total. The Hall–Kier alpha value is -1.10. The highest BCUT2D eigenvalue weighted by Crippen LogP contribution is 2.20. The standard InChI is InChI=1S/C9H10O2/c1-2-3-4-7-5-8(10)6-9(7)11/h7H,4-6H2,1H3. The molecular formula is C9H10O2. The molecule has 0 bridgehead atoms. The molecule has 0 radical (unpaired) electrons. The van der Waals surface area contributed by atoms with E-state index in [9.17, 15) is 9.59 Å². The molecule has 0 N–H and O–H groups in total. The molecule has 0 aromatic carbocycles. The van der Waals surface area contributed by atoms with E-state index in [2.05, 4.69) is 11.8 Å². The van der Waals surface area contributed by atoms with Crippen LogP contribution in [-0.4, -0.2) is 11.6 Å². The van der Waals surface area contributed by atoms with Crippen LogP contribution in [0.4, 0.5) is 0 Å². The van der Waals surface area contributed by atoms with Crippen LogP contribution in [0.1, 0.15) is 26.2 Å². The van der Waals surface area contributed by atoms with E-state index in [1.165, 1.54) is 0 Å². The van der Waals surface area contributed by atoms with Crippen molar-refractivity contribution in [3.8, 4) is 11.8 Å². The molecule has 1 unspecified atom stereocenters. The van der Waals surface area contributed by atoms with Gasteiger partial charge in [-0.05, 0) is 6.92 Å². The average molecular weight is 150 g/mol. The molecule has 1 saturated carbocycles. The minimum Gasteiger partial charge on any atom is -0.299 e. The number of carbonyl (C=O) groups is 2. The van der Waals surface area contributed by atoms with Crippen LogP contribution in [0.3, 0.4) is 0 Å². The van der Waals surface area contributed by atoms with Gasteiger partial charge < -0.3 is 0 Å². The molecule has 1 fully saturated rings. The van der Waals surface area contributed by atoms with Crippen molar-refractivity contribution in [2.24, 2.45) is 5.92 Å². The van der Waals surface area contributed by atoms with Gasteiger partial charge in [-0.1, -0.05) is 0 Å². The van der Waals surface area contributed by atoms with Crippen molar-refractivity contribution in [2.75, 3.05) is 0 Å². The molecule has 58 valence electrons. The quantitative estimate of drug-likeness (QED) is 0.412. The number of hydrogen-bond acceptors (Lipinski definition) is 2. The minimum absolute atomic E-state index is 0.0674. The molecule has 0 amide bonds. The van der Waals surface area contributed by atoms with Crippen molar-refractivity contribution in [3.63, 3.8) is 0 Å². The monoisotopic (exact) mass is 150 g/mol. The number of Topliss-reactive ketones (excluding diaryl/α,β-unsaturated/α-hetero) is 2. The van der Waals surface area contributed by atoms with Gasteiger partial charge >= 0.3 is 0 Å². The SMILES string of the molecule is CC#CCC1CC(=O)CC1=O. The number of carbonyl (C=O) groups excluding carboxylic acids is 2. The van der Waals surface area contributed by atoms with Gasteiger partial charge in [0.2, 0.25) is 0 Å². The lowest BCUT2D eigenvalue weighted by Crippen LogP contribution is -2.04. The minimum atomic E-state index is -0.102. The van der Waals surface area contributed by atoms with Crippen molar-refractivity contribution < 1.29 is 9.59 Å². The molecule has 0 spiro atoms. The Morgan fingerprint density at radius 1 is 1.55 bits per heavy atom. The summed E-state index contributed by atoms with van der Waals surface area (Å²) in [5, 5.41) is 0. The van der Waals surface area contributed by atoms with Gasteiger partial charge in [0.1, 0.15) is 11.6 Å². The fourth-order valence-corrected chi connectivity index (χ4v) is 1.21. The van der Waals surface area contributed by atoms with E-state index < -0.39 is 0 Å². The Balaban J connectivity index is 2.51. The van der Waals surface area contributed by atoms with Gasteiger partial charge in [-0.2, -0.15) is 0 Å². The summed E-state index contributed by atoms with van der Waals surface area (Å²) in [6.07, 6.45) is 1.10. The third-order valence-electron chi connectivity index (χ3n) is 1.83. The van der Waals surface area contributed by atoms with E-state index in [1.54, 1.807) is 6.92 Å². The Kier molecular flexibility index (Phi) is 2.43. The molecular weight excluding hydrogens is 140 g/mol. The predicted octanol–water partition coefficient (Wildman–Crippen LogP) is 0.948. The zero-order valence-corrected chi connectivity index (χ0v) is 6.52. The fourth-order valence-electron chi connectivity index (χ4n) is 1.21. The van der Waals surface area contributed by atoms with Gasteiger partial charge in [-0.15, -0.1) is 11.8 Å². The van der Waals surface area contributed by atoms with Crippen LogP contribution in [0.25, 0.3) is 0 Å². The van der Waals surface area contributed by atoms with Crippen LogP contribution in [0.5, 0.6) is 0 Å². The molecule has 0 aromatic rings. The van der Waals surface area contributed by atoms with Crippen LogP contribution in [-0.2, 0) is 9.59 Å². The maximum atomic E-state index is 11.0. The average Bonchev–Trinajstić information content (AvgIpc) is 2.26. The zero-order valence-electron chi connectivity index (χ0n) is 6.52. The Labute approximate surface area is 66.0 Å². The topological polar surface area (TPSA) is 34.1 Å². The van der Waals surface area contributed by atoms with E-state index in [0.29, 0.717) is 12.8 Å². The summed E-state index contributed by atoms with van der Waals surface area (Å²) >= 11 is 0. The Morgan fingerprint density at radius 3 is 2.73 bits per heavy atom. The highest BCUT2D eigenvalue weighted by Gasteiger charge is 2.29. The molecule has 11 heavy (non-hydrogen) atoms. The van der Waals surface area contributed by atoms with E-state index in [4.69, 9.17) is 0 Å². The summed E-state index contributed by atoms with van der Waals surface area (Å²) in [5.41, 5.74) is 0. The Morgan fingerprint density at radius 2 is 2.27 bits per heavy atom. The number of ketones is 2. The second-order valence-corrected chi connectivity index (χ2v) is 2.71. The number of hydrogen-bond donors (Lipinski definition) is 0. The molecule has 0 saturated heterocycles. The number of rotatable bonds is 1. The molecule has 1 aliphatic carbocycles. The van der Waals surface area contributed by atoms with Gasteiger partial charge in [-0.3, -0.25) is 9.59 Å². The first-order valence-electron chi connectivity index (χ1n) is 3.68. The summed E-state index contributed by atoms with van der Waals surface area (Å²) in [6, 6.07) is 0. The lowest BCUT2D eigenvalue weighted by atomic mass is 10.0. The van der Waals surface area contributed by atoms with Gasteiger partial charge in [0.25, 0.3) is 0 Å². The lowest BCUT2D eigenvalue weighted by Gasteiger charge is -1.97. The van der Waals surface area contributed by atoms with Crippen molar-refractivity contribution in [3.05, 3.63) is 0 Å². The Bertz CT molecular complexity index is 242. The second-order valence-electron chi connectivity index (χ2n) is 2.71. The van der Waals surface area contributed by atoms with Crippen LogP contribution < -0.4 is 0 Å². The first-order valence-corrected chi connectivity index (χ1v) is 3.68. The predicted molar refractivity (Wildman–Crippen MR) is 40.8 cm³/mol. The fraction of sp³-hybridized carbons (Fsp3) is 0.556. The van der Waals surface area contributed by atoms with Crippen LogP contribution in [0.2, 0.25) is 0 Å². The van der Waals surface area contributed by atoms with Crippen LogP contribution >= 0.6 is 0 Å². The lowest BCUT2D eigenvalue weighted by molar-refractivity contribution is -0.122. The first kappa shape index (κ1) is 8.00.